The molecule has 2 fully saturated rings. The van der Waals surface area contributed by atoms with Crippen LogP contribution >= 0.6 is 0 Å². The monoisotopic (exact) mass is 374 g/mol. The molecule has 0 aromatic heterocycles. The lowest BCUT2D eigenvalue weighted by atomic mass is 9.89. The fourth-order valence-electron chi connectivity index (χ4n) is 3.70. The van der Waals surface area contributed by atoms with Gasteiger partial charge >= 0.3 is 0 Å². The third-order valence-corrected chi connectivity index (χ3v) is 5.04. The molecule has 6 heteroatoms. The summed E-state index contributed by atoms with van der Waals surface area (Å²) in [6, 6.07) is 7.37. The van der Waals surface area contributed by atoms with Crippen molar-refractivity contribution < 1.29 is 19.2 Å². The van der Waals surface area contributed by atoms with Gasteiger partial charge in [-0.3, -0.25) is 14.4 Å². The normalized spacial score (nSPS) is 20.9. The van der Waals surface area contributed by atoms with Crippen molar-refractivity contribution in [1.82, 2.24) is 9.96 Å². The molecule has 0 spiro atoms. The molecule has 2 heterocycles. The zero-order chi connectivity index (χ0) is 19.2. The van der Waals surface area contributed by atoms with Gasteiger partial charge in [0.05, 0.1) is 12.7 Å². The van der Waals surface area contributed by atoms with Crippen LogP contribution in [0.1, 0.15) is 49.9 Å². The van der Waals surface area contributed by atoms with Gasteiger partial charge in [0, 0.05) is 44.1 Å². The number of likely N-dealkylation sites (tertiary alicyclic amines) is 1. The largest absolute Gasteiger partial charge is 0.491 e. The van der Waals surface area contributed by atoms with Crippen LogP contribution in [0.3, 0.4) is 0 Å². The van der Waals surface area contributed by atoms with Crippen molar-refractivity contribution in [1.29, 1.82) is 0 Å². The first-order valence-electron chi connectivity index (χ1n) is 9.99. The van der Waals surface area contributed by atoms with E-state index in [0.29, 0.717) is 30.8 Å². The summed E-state index contributed by atoms with van der Waals surface area (Å²) in [5.74, 6) is 0.787. The molecule has 0 N–H and O–H groups in total. The molecule has 2 saturated heterocycles. The maximum Gasteiger partial charge on any atom is 0.223 e. The second kappa shape index (κ2) is 9.33. The number of piperidine rings is 1. The van der Waals surface area contributed by atoms with E-state index in [2.05, 4.69) is 0 Å². The first kappa shape index (κ1) is 19.8. The maximum atomic E-state index is 13.0. The van der Waals surface area contributed by atoms with Gasteiger partial charge < -0.3 is 9.64 Å². The van der Waals surface area contributed by atoms with Crippen LogP contribution in [-0.4, -0.2) is 60.5 Å². The topological polar surface area (TPSA) is 59.1 Å². The van der Waals surface area contributed by atoms with Gasteiger partial charge in [0.2, 0.25) is 5.91 Å². The lowest BCUT2D eigenvalue weighted by Gasteiger charge is -2.32. The molecule has 6 nitrogen and oxygen atoms in total. The van der Waals surface area contributed by atoms with E-state index in [0.717, 1.165) is 39.0 Å². The van der Waals surface area contributed by atoms with Gasteiger partial charge in [-0.15, -0.1) is 0 Å². The predicted octanol–water partition coefficient (Wildman–Crippen LogP) is 2.92. The third kappa shape index (κ3) is 5.53. The van der Waals surface area contributed by atoms with Crippen molar-refractivity contribution in [2.75, 3.05) is 32.8 Å². The second-order valence-electron chi connectivity index (χ2n) is 7.60. The van der Waals surface area contributed by atoms with Gasteiger partial charge in [-0.25, -0.2) is 0 Å². The Kier molecular flexibility index (Phi) is 6.85. The van der Waals surface area contributed by atoms with Crippen molar-refractivity contribution in [3.05, 3.63) is 29.8 Å². The van der Waals surface area contributed by atoms with Crippen molar-refractivity contribution in [2.45, 2.75) is 45.6 Å². The number of hydroxylamine groups is 2. The third-order valence-electron chi connectivity index (χ3n) is 5.04. The molecule has 1 atom stereocenters. The van der Waals surface area contributed by atoms with Crippen molar-refractivity contribution in [2.24, 2.45) is 5.92 Å². The van der Waals surface area contributed by atoms with Gasteiger partial charge in [0.1, 0.15) is 5.75 Å². The molecule has 0 radical (unpaired) electrons. The summed E-state index contributed by atoms with van der Waals surface area (Å²) in [6.07, 6.45) is 3.22. The molecule has 2 aliphatic rings. The van der Waals surface area contributed by atoms with Crippen LogP contribution < -0.4 is 4.74 Å². The quantitative estimate of drug-likeness (QED) is 0.687. The fourth-order valence-corrected chi connectivity index (χ4v) is 3.70. The Hall–Kier alpha value is -1.92. The van der Waals surface area contributed by atoms with E-state index >= 15 is 0 Å². The molecule has 1 aromatic carbocycles. The Morgan fingerprint density at radius 1 is 1.26 bits per heavy atom. The van der Waals surface area contributed by atoms with E-state index in [-0.39, 0.29) is 23.7 Å². The highest BCUT2D eigenvalue weighted by Gasteiger charge is 2.29. The molecule has 0 aliphatic carbocycles. The highest BCUT2D eigenvalue weighted by molar-refractivity contribution is 5.98. The number of ether oxygens (including phenoxy) is 1. The Morgan fingerprint density at radius 2 is 2.11 bits per heavy atom. The molecular weight excluding hydrogens is 344 g/mol. The van der Waals surface area contributed by atoms with Crippen LogP contribution in [0.25, 0.3) is 0 Å². The average Bonchev–Trinajstić information content (AvgIpc) is 3.19. The zero-order valence-electron chi connectivity index (χ0n) is 16.4. The number of hydrogen-bond donors (Lipinski definition) is 0. The summed E-state index contributed by atoms with van der Waals surface area (Å²) in [5, 5.41) is 1.87. The SMILES string of the molecule is CC(C)Oc1cccc(C(=O)C2CCCN(C(=O)CCN3CCCO3)C2)c1. The number of nitrogens with zero attached hydrogens (tertiary/aromatic N) is 2. The van der Waals surface area contributed by atoms with E-state index in [4.69, 9.17) is 9.57 Å². The molecule has 0 bridgehead atoms. The molecule has 1 unspecified atom stereocenters. The molecule has 1 aromatic rings. The summed E-state index contributed by atoms with van der Waals surface area (Å²) in [5.41, 5.74) is 0.665. The zero-order valence-corrected chi connectivity index (χ0v) is 16.4. The minimum Gasteiger partial charge on any atom is -0.491 e. The Morgan fingerprint density at radius 3 is 2.85 bits per heavy atom. The van der Waals surface area contributed by atoms with Gasteiger partial charge in [-0.1, -0.05) is 12.1 Å². The first-order chi connectivity index (χ1) is 13.0. The van der Waals surface area contributed by atoms with Crippen molar-refractivity contribution in [3.8, 4) is 5.75 Å². The minimum atomic E-state index is -0.139. The standard InChI is InChI=1S/C21H30N2O4/c1-16(2)27-19-8-3-6-17(14-19)21(25)18-7-4-10-22(15-18)20(24)9-12-23-11-5-13-26-23/h3,6,8,14,16,18H,4-5,7,9-13,15H2,1-2H3. The maximum absolute atomic E-state index is 13.0. The van der Waals surface area contributed by atoms with Crippen LogP contribution in [0, 0.1) is 5.92 Å². The van der Waals surface area contributed by atoms with E-state index in [9.17, 15) is 9.59 Å². The Labute approximate surface area is 161 Å². The summed E-state index contributed by atoms with van der Waals surface area (Å²) in [4.78, 5) is 32.8. The van der Waals surface area contributed by atoms with Crippen LogP contribution in [0.15, 0.2) is 24.3 Å². The molecule has 3 rings (SSSR count). The molecule has 1 amide bonds. The second-order valence-corrected chi connectivity index (χ2v) is 7.60. The fraction of sp³-hybridized carbons (Fsp3) is 0.619. The number of benzene rings is 1. The highest BCUT2D eigenvalue weighted by atomic mass is 16.7. The van der Waals surface area contributed by atoms with E-state index in [1.54, 1.807) is 0 Å². The average molecular weight is 374 g/mol. The summed E-state index contributed by atoms with van der Waals surface area (Å²) < 4.78 is 5.70. The van der Waals surface area contributed by atoms with E-state index < -0.39 is 0 Å². The number of amides is 1. The Balaban J connectivity index is 1.56. The number of carbonyl (C=O) groups excluding carboxylic acids is 2. The van der Waals surface area contributed by atoms with Crippen LogP contribution in [0.2, 0.25) is 0 Å². The van der Waals surface area contributed by atoms with Gasteiger partial charge in [0.25, 0.3) is 0 Å². The van der Waals surface area contributed by atoms with Crippen molar-refractivity contribution >= 4 is 11.7 Å². The summed E-state index contributed by atoms with van der Waals surface area (Å²) in [7, 11) is 0. The molecule has 148 valence electrons. The van der Waals surface area contributed by atoms with Gasteiger partial charge in [-0.05, 0) is 45.2 Å². The predicted molar refractivity (Wildman–Crippen MR) is 103 cm³/mol. The molecular formula is C21H30N2O4. The number of carbonyl (C=O) groups is 2. The number of ketones is 1. The number of hydrogen-bond acceptors (Lipinski definition) is 5. The number of rotatable bonds is 7. The van der Waals surface area contributed by atoms with Gasteiger partial charge in [0.15, 0.2) is 5.78 Å². The summed E-state index contributed by atoms with van der Waals surface area (Å²) >= 11 is 0. The summed E-state index contributed by atoms with van der Waals surface area (Å²) in [6.45, 7) is 7.44. The molecule has 0 saturated carbocycles. The molecule has 2 aliphatic heterocycles. The molecule has 27 heavy (non-hydrogen) atoms. The lowest BCUT2D eigenvalue weighted by molar-refractivity contribution is -0.139. The van der Waals surface area contributed by atoms with E-state index in [1.165, 1.54) is 0 Å². The van der Waals surface area contributed by atoms with Crippen LogP contribution in [0.5, 0.6) is 5.75 Å². The van der Waals surface area contributed by atoms with Gasteiger partial charge in [-0.2, -0.15) is 5.06 Å². The Bertz CT molecular complexity index is 655. The first-order valence-corrected chi connectivity index (χ1v) is 9.99. The van der Waals surface area contributed by atoms with Crippen molar-refractivity contribution in [3.63, 3.8) is 0 Å². The number of Topliss-reactive ketones (excluding diaryl/α,β-unsaturated/α-hetero) is 1. The minimum absolute atomic E-state index is 0.0673. The smallest absolute Gasteiger partial charge is 0.223 e. The van der Waals surface area contributed by atoms with E-state index in [1.807, 2.05) is 48.1 Å². The van der Waals surface area contributed by atoms with Crippen LogP contribution in [0.4, 0.5) is 0 Å². The lowest BCUT2D eigenvalue weighted by Crippen LogP contribution is -2.43. The highest BCUT2D eigenvalue weighted by Crippen LogP contribution is 2.24. The van der Waals surface area contributed by atoms with Crippen LogP contribution in [-0.2, 0) is 9.63 Å².